The van der Waals surface area contributed by atoms with Gasteiger partial charge < -0.3 is 19.5 Å². The van der Waals surface area contributed by atoms with E-state index < -0.39 is 18.6 Å². The van der Waals surface area contributed by atoms with Crippen molar-refractivity contribution in [1.82, 2.24) is 15.5 Å². The van der Waals surface area contributed by atoms with Crippen LogP contribution in [0.3, 0.4) is 0 Å². The van der Waals surface area contributed by atoms with Crippen LogP contribution >= 0.6 is 11.6 Å². The molecule has 166 valence electrons. The number of aliphatic carboxylic acids is 1. The molecule has 0 aliphatic carbocycles. The quantitative estimate of drug-likeness (QED) is 0.442. The van der Waals surface area contributed by atoms with Crippen molar-refractivity contribution in [1.29, 1.82) is 5.26 Å². The molecule has 0 fully saturated rings. The predicted octanol–water partition coefficient (Wildman–Crippen LogP) is 3.25. The Bertz CT molecular complexity index is 1160. The van der Waals surface area contributed by atoms with Gasteiger partial charge in [-0.15, -0.1) is 0 Å². The summed E-state index contributed by atoms with van der Waals surface area (Å²) in [6.07, 6.45) is -0.0677. The van der Waals surface area contributed by atoms with E-state index in [-0.39, 0.29) is 24.4 Å². The highest BCUT2D eigenvalue weighted by Crippen LogP contribution is 2.30. The highest BCUT2D eigenvalue weighted by Gasteiger charge is 2.17. The lowest BCUT2D eigenvalue weighted by atomic mass is 10.1. The molecule has 1 atom stereocenters. The van der Waals surface area contributed by atoms with E-state index >= 15 is 0 Å². The van der Waals surface area contributed by atoms with E-state index in [1.54, 1.807) is 36.4 Å². The van der Waals surface area contributed by atoms with E-state index in [1.165, 1.54) is 0 Å². The normalized spacial score (nSPS) is 11.9. The van der Waals surface area contributed by atoms with Gasteiger partial charge in [-0.05, 0) is 49.7 Å². The average Bonchev–Trinajstić information content (AvgIpc) is 3.24. The molecule has 0 bridgehead atoms. The van der Waals surface area contributed by atoms with Crippen LogP contribution in [0, 0.1) is 11.3 Å². The predicted molar refractivity (Wildman–Crippen MR) is 116 cm³/mol. The van der Waals surface area contributed by atoms with Crippen LogP contribution in [0.5, 0.6) is 5.75 Å². The maximum atomic E-state index is 11.0. The lowest BCUT2D eigenvalue weighted by molar-refractivity contribution is -0.140. The van der Waals surface area contributed by atoms with E-state index in [1.807, 2.05) is 13.8 Å². The minimum absolute atomic E-state index is 0.0677. The standard InChI is InChI=1S/C22H21ClN4O5/c1-12(2)31-19-6-4-14(8-15(19)9-24)21-26-20(27-32-21)16-5-3-13(7-17(16)23)10-25-18(11-28)22(29)30/h3-8,12,18,25,28H,10-11H2,1-2H3,(H,29,30)/t18-/m0/s1. The summed E-state index contributed by atoms with van der Waals surface area (Å²) in [6.45, 7) is 3.44. The number of aliphatic hydroxyl groups excluding tert-OH is 1. The Morgan fingerprint density at radius 1 is 1.31 bits per heavy atom. The number of aliphatic hydroxyl groups is 1. The second-order valence-electron chi connectivity index (χ2n) is 7.18. The maximum absolute atomic E-state index is 11.0. The number of hydrogen-bond acceptors (Lipinski definition) is 8. The van der Waals surface area contributed by atoms with Crippen molar-refractivity contribution in [3.05, 3.63) is 52.5 Å². The first-order chi connectivity index (χ1) is 15.3. The third-order valence-electron chi connectivity index (χ3n) is 4.44. The lowest BCUT2D eigenvalue weighted by Gasteiger charge is -2.12. The largest absolute Gasteiger partial charge is 0.490 e. The number of nitriles is 1. The number of hydrogen-bond donors (Lipinski definition) is 3. The fourth-order valence-electron chi connectivity index (χ4n) is 2.88. The Hall–Kier alpha value is -3.45. The molecule has 3 N–H and O–H groups in total. The van der Waals surface area contributed by atoms with E-state index in [4.69, 9.17) is 31.1 Å². The van der Waals surface area contributed by atoms with Crippen molar-refractivity contribution >= 4 is 17.6 Å². The van der Waals surface area contributed by atoms with Crippen molar-refractivity contribution in [2.24, 2.45) is 0 Å². The first-order valence-corrected chi connectivity index (χ1v) is 10.1. The maximum Gasteiger partial charge on any atom is 0.323 e. The molecular weight excluding hydrogens is 436 g/mol. The molecule has 0 saturated carbocycles. The Balaban J connectivity index is 1.79. The minimum atomic E-state index is -1.14. The highest BCUT2D eigenvalue weighted by molar-refractivity contribution is 6.33. The third kappa shape index (κ3) is 5.42. The van der Waals surface area contributed by atoms with Crippen LogP contribution in [0.4, 0.5) is 0 Å². The first-order valence-electron chi connectivity index (χ1n) is 9.73. The number of carboxylic acids is 1. The number of halogens is 1. The number of aromatic nitrogens is 2. The van der Waals surface area contributed by atoms with Crippen molar-refractivity contribution in [2.75, 3.05) is 6.61 Å². The van der Waals surface area contributed by atoms with Gasteiger partial charge in [0.15, 0.2) is 0 Å². The lowest BCUT2D eigenvalue weighted by Crippen LogP contribution is -2.39. The number of carboxylic acid groups (broad SMARTS) is 1. The van der Waals surface area contributed by atoms with Gasteiger partial charge in [0.05, 0.1) is 23.3 Å². The second-order valence-corrected chi connectivity index (χ2v) is 7.59. The van der Waals surface area contributed by atoms with Gasteiger partial charge in [-0.2, -0.15) is 10.2 Å². The first kappa shape index (κ1) is 23.2. The molecule has 3 rings (SSSR count). The smallest absolute Gasteiger partial charge is 0.323 e. The second kappa shape index (κ2) is 10.2. The molecule has 9 nitrogen and oxygen atoms in total. The van der Waals surface area contributed by atoms with Gasteiger partial charge in [-0.3, -0.25) is 10.1 Å². The zero-order valence-corrected chi connectivity index (χ0v) is 18.1. The van der Waals surface area contributed by atoms with E-state index in [0.717, 1.165) is 5.56 Å². The Morgan fingerprint density at radius 3 is 2.72 bits per heavy atom. The third-order valence-corrected chi connectivity index (χ3v) is 4.76. The Kier molecular flexibility index (Phi) is 7.43. The summed E-state index contributed by atoms with van der Waals surface area (Å²) < 4.78 is 11.0. The zero-order chi connectivity index (χ0) is 23.3. The topological polar surface area (TPSA) is 142 Å². The van der Waals surface area contributed by atoms with Gasteiger partial charge >= 0.3 is 5.97 Å². The molecule has 0 aliphatic heterocycles. The molecule has 1 heterocycles. The van der Waals surface area contributed by atoms with Crippen LogP contribution in [0.1, 0.15) is 25.0 Å². The van der Waals surface area contributed by atoms with E-state index in [2.05, 4.69) is 21.5 Å². The number of nitrogens with zero attached hydrogens (tertiary/aromatic N) is 3. The number of rotatable bonds is 9. The fourth-order valence-corrected chi connectivity index (χ4v) is 3.17. The van der Waals surface area contributed by atoms with Crippen LogP contribution in [0.25, 0.3) is 22.8 Å². The van der Waals surface area contributed by atoms with Crippen molar-refractivity contribution in [2.45, 2.75) is 32.5 Å². The molecule has 2 aromatic carbocycles. The van der Waals surface area contributed by atoms with Crippen LogP contribution in [-0.2, 0) is 11.3 Å². The van der Waals surface area contributed by atoms with Gasteiger partial charge in [0, 0.05) is 17.7 Å². The molecule has 0 spiro atoms. The Labute approximate surface area is 189 Å². The van der Waals surface area contributed by atoms with E-state index in [9.17, 15) is 10.1 Å². The Morgan fingerprint density at radius 2 is 2.09 bits per heavy atom. The van der Waals surface area contributed by atoms with Crippen LogP contribution in [-0.4, -0.2) is 45.1 Å². The molecule has 1 aromatic heterocycles. The van der Waals surface area contributed by atoms with Gasteiger partial charge in [0.1, 0.15) is 17.9 Å². The van der Waals surface area contributed by atoms with Crippen LogP contribution < -0.4 is 10.1 Å². The highest BCUT2D eigenvalue weighted by atomic mass is 35.5. The van der Waals surface area contributed by atoms with Gasteiger partial charge in [0.2, 0.25) is 5.82 Å². The number of benzene rings is 2. The summed E-state index contributed by atoms with van der Waals surface area (Å²) in [5, 5.41) is 34.5. The molecule has 0 aliphatic rings. The number of ether oxygens (including phenoxy) is 1. The fraction of sp³-hybridized carbons (Fsp3) is 0.273. The summed E-state index contributed by atoms with van der Waals surface area (Å²) in [7, 11) is 0. The summed E-state index contributed by atoms with van der Waals surface area (Å²) in [5.41, 5.74) is 2.18. The van der Waals surface area contributed by atoms with Crippen molar-refractivity contribution < 1.29 is 24.3 Å². The van der Waals surface area contributed by atoms with Crippen molar-refractivity contribution in [3.8, 4) is 34.7 Å². The van der Waals surface area contributed by atoms with Gasteiger partial charge in [0.25, 0.3) is 5.89 Å². The van der Waals surface area contributed by atoms with Gasteiger partial charge in [-0.25, -0.2) is 0 Å². The summed E-state index contributed by atoms with van der Waals surface area (Å²) in [5.74, 6) is -0.173. The molecular formula is C22H21ClN4O5. The number of nitrogens with one attached hydrogen (secondary N) is 1. The van der Waals surface area contributed by atoms with Gasteiger partial charge in [-0.1, -0.05) is 22.8 Å². The summed E-state index contributed by atoms with van der Waals surface area (Å²) >= 11 is 6.37. The van der Waals surface area contributed by atoms with Crippen LogP contribution in [0.2, 0.25) is 5.02 Å². The van der Waals surface area contributed by atoms with E-state index in [0.29, 0.717) is 27.5 Å². The van der Waals surface area contributed by atoms with Crippen LogP contribution in [0.15, 0.2) is 40.9 Å². The minimum Gasteiger partial charge on any atom is -0.490 e. The average molecular weight is 457 g/mol. The zero-order valence-electron chi connectivity index (χ0n) is 17.4. The SMILES string of the molecule is CC(C)Oc1ccc(-c2nc(-c3ccc(CN[C@@H](CO)C(=O)O)cc3Cl)no2)cc1C#N. The molecule has 0 unspecified atom stereocenters. The summed E-state index contributed by atoms with van der Waals surface area (Å²) in [4.78, 5) is 15.4. The molecule has 0 saturated heterocycles. The number of carbonyl (C=O) groups is 1. The molecule has 32 heavy (non-hydrogen) atoms. The summed E-state index contributed by atoms with van der Waals surface area (Å²) in [6, 6.07) is 11.2. The van der Waals surface area contributed by atoms with Crippen molar-refractivity contribution in [3.63, 3.8) is 0 Å². The molecule has 10 heteroatoms. The molecule has 0 amide bonds. The monoisotopic (exact) mass is 456 g/mol. The molecule has 0 radical (unpaired) electrons. The molecule has 3 aromatic rings.